The summed E-state index contributed by atoms with van der Waals surface area (Å²) in [5.74, 6) is -6.26. The zero-order chi connectivity index (χ0) is 26.5. The number of thiocarbonyl (C=S) groups is 1. The quantitative estimate of drug-likeness (QED) is 0.261. The topological polar surface area (TPSA) is 138 Å². The molecular weight excluding hydrogens is 498 g/mol. The van der Waals surface area contributed by atoms with E-state index in [1.807, 2.05) is 0 Å². The molecule has 3 heterocycles. The highest BCUT2D eigenvalue weighted by Gasteiger charge is 2.67. The summed E-state index contributed by atoms with van der Waals surface area (Å²) in [4.78, 5) is 92.7. The summed E-state index contributed by atoms with van der Waals surface area (Å²) >= 11 is 5.39. The van der Waals surface area contributed by atoms with E-state index in [2.05, 4.69) is 5.32 Å². The molecule has 1 saturated heterocycles. The van der Waals surface area contributed by atoms with Crippen molar-refractivity contribution in [2.24, 2.45) is 5.41 Å². The van der Waals surface area contributed by atoms with Crippen molar-refractivity contribution in [3.05, 3.63) is 90.0 Å². The predicted molar refractivity (Wildman–Crippen MR) is 131 cm³/mol. The molecule has 10 nitrogen and oxygen atoms in total. The molecule has 0 saturated carbocycles. The van der Waals surface area contributed by atoms with Crippen LogP contribution in [0.5, 0.6) is 0 Å². The first-order valence-corrected chi connectivity index (χ1v) is 11.3. The van der Waals surface area contributed by atoms with Crippen LogP contribution in [0.2, 0.25) is 0 Å². The summed E-state index contributed by atoms with van der Waals surface area (Å²) in [6, 6.07) is 11.0. The Hall–Kier alpha value is -4.90. The zero-order valence-corrected chi connectivity index (χ0v) is 19.6. The predicted octanol–water partition coefficient (Wildman–Crippen LogP) is 0.919. The molecule has 11 heteroatoms. The summed E-state index contributed by atoms with van der Waals surface area (Å²) in [6.45, 7) is 0. The Morgan fingerprint density at radius 1 is 0.730 bits per heavy atom. The van der Waals surface area contributed by atoms with Crippen LogP contribution in [-0.2, 0) is 24.0 Å². The van der Waals surface area contributed by atoms with E-state index in [4.69, 9.17) is 12.2 Å². The van der Waals surface area contributed by atoms with Crippen molar-refractivity contribution in [2.75, 3.05) is 4.90 Å². The first kappa shape index (κ1) is 23.8. The number of nitrogens with one attached hydrogen (secondary N) is 1. The number of para-hydroxylation sites is 1. The molecule has 3 aliphatic rings. The summed E-state index contributed by atoms with van der Waals surface area (Å²) in [7, 11) is 0. The molecule has 5 rings (SSSR count). The van der Waals surface area contributed by atoms with E-state index >= 15 is 0 Å². The third-order valence-corrected chi connectivity index (χ3v) is 6.73. The zero-order valence-electron chi connectivity index (χ0n) is 18.7. The molecule has 0 aliphatic carbocycles. The molecule has 2 aromatic carbocycles. The monoisotopic (exact) mass is 513 g/mol. The molecule has 182 valence electrons. The second-order valence-corrected chi connectivity index (χ2v) is 8.70. The lowest BCUT2D eigenvalue weighted by Crippen LogP contribution is -2.59. The number of carbonyl (C=O) groups is 7. The first-order chi connectivity index (χ1) is 17.7. The van der Waals surface area contributed by atoms with Crippen molar-refractivity contribution in [3.8, 4) is 0 Å². The Morgan fingerprint density at radius 2 is 1.27 bits per heavy atom. The molecule has 5 amide bonds. The minimum atomic E-state index is -2.57. The lowest BCUT2D eigenvalue weighted by molar-refractivity contribution is -0.145. The number of hydrogen-bond acceptors (Lipinski definition) is 8. The van der Waals surface area contributed by atoms with E-state index in [1.54, 1.807) is 6.07 Å². The average Bonchev–Trinajstić information content (AvgIpc) is 3.49. The van der Waals surface area contributed by atoms with Crippen molar-refractivity contribution in [1.82, 2.24) is 10.2 Å². The van der Waals surface area contributed by atoms with Crippen molar-refractivity contribution >= 4 is 64.0 Å². The van der Waals surface area contributed by atoms with Crippen LogP contribution in [0, 0.1) is 5.41 Å². The molecule has 0 aromatic heterocycles. The maximum Gasteiger partial charge on any atom is 0.258 e. The fourth-order valence-corrected chi connectivity index (χ4v) is 5.06. The maximum atomic E-state index is 14.5. The van der Waals surface area contributed by atoms with Crippen LogP contribution in [0.25, 0.3) is 0 Å². The minimum absolute atomic E-state index is 0.0146. The van der Waals surface area contributed by atoms with Crippen LogP contribution in [0.15, 0.2) is 78.9 Å². The average molecular weight is 513 g/mol. The fourth-order valence-electron chi connectivity index (χ4n) is 4.66. The number of amides is 5. The standard InChI is InChI=1S/C26H15N3O7S/c30-17-10-11-18(31)28(17)16-9-5-4-8-15(16)23(35)26(22(34)14-6-2-1-3-7-14)21(24(36)27-25(26)37)29-19(32)12-13-20(29)33/h1-13,21H,(H,27,36,37). The number of nitrogens with zero attached hydrogens (tertiary/aromatic N) is 2. The Morgan fingerprint density at radius 3 is 1.89 bits per heavy atom. The highest BCUT2D eigenvalue weighted by Crippen LogP contribution is 2.42. The summed E-state index contributed by atoms with van der Waals surface area (Å²) in [6.07, 6.45) is 3.88. The number of imide groups is 2. The Labute approximate surface area is 214 Å². The highest BCUT2D eigenvalue weighted by molar-refractivity contribution is 7.80. The normalized spacial score (nSPS) is 22.9. The molecule has 2 atom stereocenters. The number of ketones is 2. The van der Waals surface area contributed by atoms with Crippen LogP contribution in [0.4, 0.5) is 5.69 Å². The van der Waals surface area contributed by atoms with Gasteiger partial charge in [0.2, 0.25) is 5.91 Å². The van der Waals surface area contributed by atoms with Gasteiger partial charge in [-0.2, -0.15) is 0 Å². The van der Waals surface area contributed by atoms with Gasteiger partial charge in [0, 0.05) is 35.4 Å². The summed E-state index contributed by atoms with van der Waals surface area (Å²) < 4.78 is 0. The third-order valence-electron chi connectivity index (χ3n) is 6.31. The third kappa shape index (κ3) is 3.39. The van der Waals surface area contributed by atoms with Crippen LogP contribution in [0.3, 0.4) is 0 Å². The van der Waals surface area contributed by atoms with E-state index in [9.17, 15) is 33.6 Å². The van der Waals surface area contributed by atoms with E-state index in [0.29, 0.717) is 4.90 Å². The molecule has 2 aromatic rings. The molecule has 3 aliphatic heterocycles. The van der Waals surface area contributed by atoms with E-state index in [-0.39, 0.29) is 16.8 Å². The van der Waals surface area contributed by atoms with E-state index in [0.717, 1.165) is 29.2 Å². The highest BCUT2D eigenvalue weighted by atomic mass is 32.1. The van der Waals surface area contributed by atoms with Gasteiger partial charge >= 0.3 is 0 Å². The molecular formula is C26H15N3O7S. The molecule has 1 N–H and O–H groups in total. The summed E-state index contributed by atoms with van der Waals surface area (Å²) in [5.41, 5.74) is -3.02. The first-order valence-electron chi connectivity index (χ1n) is 10.9. The lowest BCUT2D eigenvalue weighted by atomic mass is 9.69. The smallest absolute Gasteiger partial charge is 0.258 e. The van der Waals surface area contributed by atoms with Gasteiger partial charge in [-0.25, -0.2) is 4.90 Å². The van der Waals surface area contributed by atoms with Crippen molar-refractivity contribution in [1.29, 1.82) is 0 Å². The van der Waals surface area contributed by atoms with Gasteiger partial charge in [0.15, 0.2) is 17.0 Å². The Balaban J connectivity index is 1.77. The van der Waals surface area contributed by atoms with Gasteiger partial charge in [0.05, 0.1) is 5.69 Å². The second kappa shape index (κ2) is 8.64. The second-order valence-electron chi connectivity index (χ2n) is 8.30. The van der Waals surface area contributed by atoms with Gasteiger partial charge in [-0.05, 0) is 12.1 Å². The molecule has 1 fully saturated rings. The number of rotatable bonds is 6. The van der Waals surface area contributed by atoms with Gasteiger partial charge in [-0.15, -0.1) is 0 Å². The van der Waals surface area contributed by atoms with Crippen LogP contribution >= 0.6 is 12.2 Å². The molecule has 0 radical (unpaired) electrons. The molecule has 0 spiro atoms. The van der Waals surface area contributed by atoms with Crippen molar-refractivity contribution < 1.29 is 33.6 Å². The van der Waals surface area contributed by atoms with Crippen molar-refractivity contribution in [2.45, 2.75) is 6.04 Å². The minimum Gasteiger partial charge on any atom is -0.317 e. The van der Waals surface area contributed by atoms with E-state index in [1.165, 1.54) is 48.5 Å². The number of Topliss-reactive ketones (excluding diaryl/α,β-unsaturated/α-hetero) is 2. The summed E-state index contributed by atoms with van der Waals surface area (Å²) in [5, 5.41) is 2.30. The number of anilines is 1. The molecule has 0 bridgehead atoms. The number of hydrogen-bond donors (Lipinski definition) is 1. The lowest BCUT2D eigenvalue weighted by Gasteiger charge is -2.35. The van der Waals surface area contributed by atoms with E-state index < -0.39 is 57.5 Å². The molecule has 2 unspecified atom stereocenters. The van der Waals surface area contributed by atoms with Crippen LogP contribution < -0.4 is 10.2 Å². The van der Waals surface area contributed by atoms with Gasteiger partial charge in [-0.3, -0.25) is 38.5 Å². The largest absolute Gasteiger partial charge is 0.317 e. The molecule has 37 heavy (non-hydrogen) atoms. The SMILES string of the molecule is O=C1NC(=S)C(C(=O)c2ccccc2)(C(=O)c2ccccc2N2C(=O)C=CC2=O)C1N1C(=O)C=CC1=O. The number of benzene rings is 2. The maximum absolute atomic E-state index is 14.5. The van der Waals surface area contributed by atoms with Gasteiger partial charge < -0.3 is 5.32 Å². The Kier molecular flexibility index (Phi) is 5.56. The van der Waals surface area contributed by atoms with Gasteiger partial charge in [0.1, 0.15) is 11.0 Å². The fraction of sp³-hybridized carbons (Fsp3) is 0.0769. The van der Waals surface area contributed by atoms with Crippen LogP contribution in [0.1, 0.15) is 20.7 Å². The van der Waals surface area contributed by atoms with Crippen molar-refractivity contribution in [3.63, 3.8) is 0 Å². The van der Waals surface area contributed by atoms with Gasteiger partial charge in [0.25, 0.3) is 23.6 Å². The Bertz CT molecular complexity index is 1490. The van der Waals surface area contributed by atoms with Gasteiger partial charge in [-0.1, -0.05) is 54.7 Å². The van der Waals surface area contributed by atoms with Crippen LogP contribution in [-0.4, -0.2) is 57.0 Å². The number of carbonyl (C=O) groups excluding carboxylic acids is 7.